The Labute approximate surface area is 122 Å². The molecule has 0 aliphatic carbocycles. The molecule has 0 bridgehead atoms. The summed E-state index contributed by atoms with van der Waals surface area (Å²) in [5.41, 5.74) is 1.18. The van der Waals surface area contributed by atoms with Crippen molar-refractivity contribution in [2.75, 3.05) is 33.5 Å². The van der Waals surface area contributed by atoms with Crippen molar-refractivity contribution >= 4 is 0 Å². The average molecular weight is 281 g/mol. The summed E-state index contributed by atoms with van der Waals surface area (Å²) in [4.78, 5) is 0. The van der Waals surface area contributed by atoms with Crippen LogP contribution in [0.3, 0.4) is 0 Å². The maximum absolute atomic E-state index is 5.73. The van der Waals surface area contributed by atoms with Crippen molar-refractivity contribution in [3.63, 3.8) is 0 Å². The second-order valence-corrected chi connectivity index (χ2v) is 5.06. The standard InChI is InChI=1S/C16H27NO3/c1-5-19-16-10-14(11-17-4)6-7-15(16)20-9-8-18-12-13(2)3/h6-7,10,13,17H,5,8-9,11-12H2,1-4H3. The molecule has 4 heteroatoms. The third kappa shape index (κ3) is 6.26. The Morgan fingerprint density at radius 1 is 1.10 bits per heavy atom. The van der Waals surface area contributed by atoms with Gasteiger partial charge in [0.1, 0.15) is 6.61 Å². The topological polar surface area (TPSA) is 39.7 Å². The predicted octanol–water partition coefficient (Wildman–Crippen LogP) is 2.86. The largest absolute Gasteiger partial charge is 0.490 e. The third-order valence-electron chi connectivity index (χ3n) is 2.63. The van der Waals surface area contributed by atoms with Crippen LogP contribution in [0.1, 0.15) is 26.3 Å². The van der Waals surface area contributed by atoms with Crippen LogP contribution in [0.25, 0.3) is 0 Å². The van der Waals surface area contributed by atoms with Crippen molar-refractivity contribution in [1.82, 2.24) is 5.32 Å². The molecule has 0 saturated heterocycles. The summed E-state index contributed by atoms with van der Waals surface area (Å²) >= 11 is 0. The van der Waals surface area contributed by atoms with Crippen LogP contribution in [0.4, 0.5) is 0 Å². The molecule has 0 aromatic heterocycles. The van der Waals surface area contributed by atoms with Crippen LogP contribution in [-0.2, 0) is 11.3 Å². The van der Waals surface area contributed by atoms with E-state index in [0.29, 0.717) is 25.7 Å². The van der Waals surface area contributed by atoms with E-state index < -0.39 is 0 Å². The summed E-state index contributed by atoms with van der Waals surface area (Å²) < 4.78 is 16.9. The molecular weight excluding hydrogens is 254 g/mol. The van der Waals surface area contributed by atoms with Crippen LogP contribution in [0, 0.1) is 5.92 Å². The maximum Gasteiger partial charge on any atom is 0.161 e. The molecular formula is C16H27NO3. The highest BCUT2D eigenvalue weighted by Gasteiger charge is 2.06. The second kappa shape index (κ2) is 9.61. The first-order chi connectivity index (χ1) is 9.67. The minimum Gasteiger partial charge on any atom is -0.490 e. The molecule has 0 spiro atoms. The fourth-order valence-electron chi connectivity index (χ4n) is 1.78. The van der Waals surface area contributed by atoms with Gasteiger partial charge in [-0.25, -0.2) is 0 Å². The van der Waals surface area contributed by atoms with Gasteiger partial charge in [-0.2, -0.15) is 0 Å². The molecule has 1 aromatic carbocycles. The monoisotopic (exact) mass is 281 g/mol. The van der Waals surface area contributed by atoms with Crippen molar-refractivity contribution < 1.29 is 14.2 Å². The zero-order valence-corrected chi connectivity index (χ0v) is 13.1. The highest BCUT2D eigenvalue weighted by Crippen LogP contribution is 2.28. The van der Waals surface area contributed by atoms with Gasteiger partial charge in [0.15, 0.2) is 11.5 Å². The van der Waals surface area contributed by atoms with E-state index in [1.165, 1.54) is 5.56 Å². The number of rotatable bonds is 10. The van der Waals surface area contributed by atoms with E-state index in [0.717, 1.165) is 24.7 Å². The quantitative estimate of drug-likeness (QED) is 0.669. The van der Waals surface area contributed by atoms with Gasteiger partial charge in [0.2, 0.25) is 0 Å². The molecule has 114 valence electrons. The molecule has 0 heterocycles. The Hall–Kier alpha value is -1.26. The predicted molar refractivity (Wildman–Crippen MR) is 81.5 cm³/mol. The fraction of sp³-hybridized carbons (Fsp3) is 0.625. The molecule has 1 aromatic rings. The van der Waals surface area contributed by atoms with E-state index in [4.69, 9.17) is 14.2 Å². The first kappa shape index (κ1) is 16.8. The summed E-state index contributed by atoms with van der Waals surface area (Å²) in [7, 11) is 1.93. The van der Waals surface area contributed by atoms with E-state index in [9.17, 15) is 0 Å². The molecule has 0 fully saturated rings. The van der Waals surface area contributed by atoms with Gasteiger partial charge in [-0.1, -0.05) is 19.9 Å². The lowest BCUT2D eigenvalue weighted by atomic mass is 10.2. The molecule has 0 unspecified atom stereocenters. The van der Waals surface area contributed by atoms with Gasteiger partial charge < -0.3 is 19.5 Å². The zero-order chi connectivity index (χ0) is 14.8. The van der Waals surface area contributed by atoms with Gasteiger partial charge in [-0.3, -0.25) is 0 Å². The van der Waals surface area contributed by atoms with Gasteiger partial charge in [0.05, 0.1) is 13.2 Å². The lowest BCUT2D eigenvalue weighted by Gasteiger charge is -2.14. The van der Waals surface area contributed by atoms with Crippen molar-refractivity contribution in [1.29, 1.82) is 0 Å². The molecule has 1 rings (SSSR count). The Morgan fingerprint density at radius 2 is 1.90 bits per heavy atom. The molecule has 4 nitrogen and oxygen atoms in total. The molecule has 0 amide bonds. The zero-order valence-electron chi connectivity index (χ0n) is 13.1. The Bertz CT molecular complexity index is 380. The number of hydrogen-bond donors (Lipinski definition) is 1. The molecule has 0 aliphatic rings. The third-order valence-corrected chi connectivity index (χ3v) is 2.63. The molecule has 0 aliphatic heterocycles. The van der Waals surface area contributed by atoms with Crippen molar-refractivity contribution in [3.8, 4) is 11.5 Å². The van der Waals surface area contributed by atoms with Crippen molar-refractivity contribution in [2.24, 2.45) is 5.92 Å². The molecule has 0 atom stereocenters. The lowest BCUT2D eigenvalue weighted by molar-refractivity contribution is 0.0808. The van der Waals surface area contributed by atoms with E-state index in [1.54, 1.807) is 0 Å². The van der Waals surface area contributed by atoms with E-state index in [2.05, 4.69) is 19.2 Å². The number of nitrogens with one attached hydrogen (secondary N) is 1. The minimum absolute atomic E-state index is 0.540. The van der Waals surface area contributed by atoms with Crippen LogP contribution in [0.2, 0.25) is 0 Å². The van der Waals surface area contributed by atoms with Gasteiger partial charge in [-0.05, 0) is 37.6 Å². The summed E-state index contributed by atoms with van der Waals surface area (Å²) in [5.74, 6) is 2.12. The highest BCUT2D eigenvalue weighted by atomic mass is 16.5. The van der Waals surface area contributed by atoms with E-state index in [-0.39, 0.29) is 0 Å². The fourth-order valence-corrected chi connectivity index (χ4v) is 1.78. The first-order valence-electron chi connectivity index (χ1n) is 7.28. The first-order valence-corrected chi connectivity index (χ1v) is 7.28. The van der Waals surface area contributed by atoms with Crippen LogP contribution in [-0.4, -0.2) is 33.5 Å². The SMILES string of the molecule is CCOc1cc(CNC)ccc1OCCOCC(C)C. The molecule has 0 radical (unpaired) electrons. The molecule has 0 saturated carbocycles. The van der Waals surface area contributed by atoms with Crippen molar-refractivity contribution in [3.05, 3.63) is 23.8 Å². The van der Waals surface area contributed by atoms with E-state index in [1.807, 2.05) is 32.2 Å². The second-order valence-electron chi connectivity index (χ2n) is 5.06. The van der Waals surface area contributed by atoms with Crippen LogP contribution in [0.15, 0.2) is 18.2 Å². The average Bonchev–Trinajstić information content (AvgIpc) is 2.41. The summed E-state index contributed by atoms with van der Waals surface area (Å²) in [5, 5.41) is 3.13. The van der Waals surface area contributed by atoms with E-state index >= 15 is 0 Å². The molecule has 1 N–H and O–H groups in total. The van der Waals surface area contributed by atoms with Gasteiger partial charge >= 0.3 is 0 Å². The van der Waals surface area contributed by atoms with Crippen LogP contribution in [0.5, 0.6) is 11.5 Å². The van der Waals surface area contributed by atoms with Gasteiger partial charge in [-0.15, -0.1) is 0 Å². The number of ether oxygens (including phenoxy) is 3. The summed E-state index contributed by atoms with van der Waals surface area (Å²) in [6, 6.07) is 6.02. The smallest absolute Gasteiger partial charge is 0.161 e. The summed E-state index contributed by atoms with van der Waals surface area (Å²) in [6.45, 7) is 9.59. The number of hydrogen-bond acceptors (Lipinski definition) is 4. The number of benzene rings is 1. The van der Waals surface area contributed by atoms with Crippen LogP contribution >= 0.6 is 0 Å². The Morgan fingerprint density at radius 3 is 2.55 bits per heavy atom. The minimum atomic E-state index is 0.540. The molecule has 20 heavy (non-hydrogen) atoms. The van der Waals surface area contributed by atoms with Gasteiger partial charge in [0, 0.05) is 13.2 Å². The maximum atomic E-state index is 5.73. The Balaban J connectivity index is 2.50. The van der Waals surface area contributed by atoms with Crippen molar-refractivity contribution in [2.45, 2.75) is 27.3 Å². The summed E-state index contributed by atoms with van der Waals surface area (Å²) in [6.07, 6.45) is 0. The van der Waals surface area contributed by atoms with Crippen LogP contribution < -0.4 is 14.8 Å². The lowest BCUT2D eigenvalue weighted by Crippen LogP contribution is -2.11. The highest BCUT2D eigenvalue weighted by molar-refractivity contribution is 5.43. The normalized spacial score (nSPS) is 10.8. The van der Waals surface area contributed by atoms with Gasteiger partial charge in [0.25, 0.3) is 0 Å². The Kier molecular flexibility index (Phi) is 8.07.